The Labute approximate surface area is 168 Å². The zero-order valence-corrected chi connectivity index (χ0v) is 16.0. The molecule has 7 nitrogen and oxygen atoms in total. The van der Waals surface area contributed by atoms with Gasteiger partial charge in [0.2, 0.25) is 11.8 Å². The summed E-state index contributed by atoms with van der Waals surface area (Å²) in [4.78, 5) is 27.9. The van der Waals surface area contributed by atoms with Crippen molar-refractivity contribution in [3.8, 4) is 5.75 Å². The lowest BCUT2D eigenvalue weighted by Crippen LogP contribution is -2.43. The first kappa shape index (κ1) is 18.0. The third kappa shape index (κ3) is 2.93. The highest BCUT2D eigenvalue weighted by atomic mass is 16.5. The predicted octanol–water partition coefficient (Wildman–Crippen LogP) is 1.89. The van der Waals surface area contributed by atoms with Crippen molar-refractivity contribution in [2.24, 2.45) is 11.8 Å². The highest BCUT2D eigenvalue weighted by Gasteiger charge is 2.66. The molecule has 3 unspecified atom stereocenters. The number of rotatable bonds is 6. The van der Waals surface area contributed by atoms with E-state index in [9.17, 15) is 9.59 Å². The first-order chi connectivity index (χ1) is 14.1. The number of nitrogens with one attached hydrogen (secondary N) is 1. The van der Waals surface area contributed by atoms with Gasteiger partial charge in [-0.1, -0.05) is 24.3 Å². The predicted molar refractivity (Wildman–Crippen MR) is 103 cm³/mol. The lowest BCUT2D eigenvalue weighted by atomic mass is 9.77. The molecule has 150 valence electrons. The Morgan fingerprint density at radius 1 is 1.31 bits per heavy atom. The summed E-state index contributed by atoms with van der Waals surface area (Å²) in [6, 6.07) is 11.2. The molecule has 3 aliphatic heterocycles. The van der Waals surface area contributed by atoms with Gasteiger partial charge in [0.25, 0.3) is 0 Å². The van der Waals surface area contributed by atoms with E-state index in [-0.39, 0.29) is 17.9 Å². The van der Waals surface area contributed by atoms with Crippen molar-refractivity contribution >= 4 is 11.8 Å². The Hall–Kier alpha value is -3.06. The highest BCUT2D eigenvalue weighted by Crippen LogP contribution is 2.52. The van der Waals surface area contributed by atoms with Crippen molar-refractivity contribution in [3.63, 3.8) is 0 Å². The molecular formula is C22H22N2O5. The van der Waals surface area contributed by atoms with E-state index in [4.69, 9.17) is 13.9 Å². The average Bonchev–Trinajstić information content (AvgIpc) is 3.50. The summed E-state index contributed by atoms with van der Waals surface area (Å²) >= 11 is 0. The molecular weight excluding hydrogens is 372 g/mol. The van der Waals surface area contributed by atoms with E-state index in [1.54, 1.807) is 24.3 Å². The fourth-order valence-corrected chi connectivity index (χ4v) is 4.65. The molecule has 2 aromatic rings. The summed E-state index contributed by atoms with van der Waals surface area (Å²) in [5, 5.41) is 2.97. The van der Waals surface area contributed by atoms with Gasteiger partial charge in [0, 0.05) is 6.54 Å². The molecule has 2 fully saturated rings. The molecule has 5 rings (SSSR count). The number of fused-ring (bicyclic) bond motifs is 1. The highest BCUT2D eigenvalue weighted by molar-refractivity contribution is 5.93. The average molecular weight is 394 g/mol. The number of nitrogens with zero attached hydrogens (tertiary/aromatic N) is 1. The van der Waals surface area contributed by atoms with Crippen LogP contribution in [-0.2, 0) is 27.4 Å². The first-order valence-corrected chi connectivity index (χ1v) is 9.69. The van der Waals surface area contributed by atoms with Gasteiger partial charge >= 0.3 is 0 Å². The molecule has 1 aromatic heterocycles. The third-order valence-electron chi connectivity index (χ3n) is 6.03. The summed E-state index contributed by atoms with van der Waals surface area (Å²) in [5.41, 5.74) is 0.252. The minimum Gasteiger partial charge on any atom is -0.497 e. The maximum atomic E-state index is 13.1. The Kier molecular flexibility index (Phi) is 4.20. The number of carbonyl (C=O) groups is 2. The molecule has 7 heteroatoms. The van der Waals surface area contributed by atoms with Gasteiger partial charge < -0.3 is 24.1 Å². The number of ether oxygens (including phenoxy) is 2. The van der Waals surface area contributed by atoms with Gasteiger partial charge in [-0.2, -0.15) is 0 Å². The second-order valence-corrected chi connectivity index (χ2v) is 7.74. The monoisotopic (exact) mass is 394 g/mol. The fraction of sp³-hybridized carbons (Fsp3) is 0.364. The van der Waals surface area contributed by atoms with Crippen LogP contribution < -0.4 is 10.1 Å². The topological polar surface area (TPSA) is 81.0 Å². The maximum Gasteiger partial charge on any atom is 0.230 e. The molecule has 29 heavy (non-hydrogen) atoms. The number of amides is 2. The molecule has 0 aliphatic carbocycles. The molecule has 2 saturated heterocycles. The molecule has 0 radical (unpaired) electrons. The van der Waals surface area contributed by atoms with Gasteiger partial charge in [0.1, 0.15) is 17.1 Å². The van der Waals surface area contributed by atoms with Crippen molar-refractivity contribution in [1.29, 1.82) is 0 Å². The van der Waals surface area contributed by atoms with Crippen LogP contribution in [0, 0.1) is 11.8 Å². The van der Waals surface area contributed by atoms with Gasteiger partial charge in [-0.15, -0.1) is 0 Å². The van der Waals surface area contributed by atoms with Crippen LogP contribution >= 0.6 is 0 Å². The van der Waals surface area contributed by atoms with Crippen molar-refractivity contribution in [1.82, 2.24) is 10.2 Å². The maximum absolute atomic E-state index is 13.1. The van der Waals surface area contributed by atoms with Crippen LogP contribution in [0.3, 0.4) is 0 Å². The quantitative estimate of drug-likeness (QED) is 0.757. The summed E-state index contributed by atoms with van der Waals surface area (Å²) in [6.45, 7) is 1.21. The standard InChI is InChI=1S/C22H22N2O5/c1-27-15-6-4-14(5-7-15)11-23-20(25)18-17-8-9-22(29-17)13-24(21(26)19(18)22)12-16-3-2-10-28-16/h2-10,17-19H,11-13H2,1H3,(H,23,25)/t17?,18?,19?,22-/m1/s1. The zero-order valence-electron chi connectivity index (χ0n) is 16.0. The summed E-state index contributed by atoms with van der Waals surface area (Å²) in [6.07, 6.45) is 5.10. The number of carbonyl (C=O) groups excluding carboxylic acids is 2. The summed E-state index contributed by atoms with van der Waals surface area (Å²) in [5.74, 6) is 0.249. The summed E-state index contributed by atoms with van der Waals surface area (Å²) < 4.78 is 16.7. The molecule has 1 aromatic carbocycles. The van der Waals surface area contributed by atoms with E-state index < -0.39 is 17.4 Å². The number of benzene rings is 1. The molecule has 1 spiro atoms. The smallest absolute Gasteiger partial charge is 0.230 e. The Morgan fingerprint density at radius 2 is 2.14 bits per heavy atom. The van der Waals surface area contributed by atoms with Crippen molar-refractivity contribution in [2.45, 2.75) is 24.8 Å². The number of methoxy groups -OCH3 is 1. The van der Waals surface area contributed by atoms with Crippen LogP contribution in [-0.4, -0.2) is 42.1 Å². The number of hydrogen-bond donors (Lipinski definition) is 1. The molecule has 3 aliphatic rings. The molecule has 2 bridgehead atoms. The van der Waals surface area contributed by atoms with Crippen molar-refractivity contribution < 1.29 is 23.5 Å². The largest absolute Gasteiger partial charge is 0.497 e. The molecule has 1 N–H and O–H groups in total. The van der Waals surface area contributed by atoms with Crippen LogP contribution in [0.5, 0.6) is 5.75 Å². The molecule has 0 saturated carbocycles. The van der Waals surface area contributed by atoms with Gasteiger partial charge in [-0.25, -0.2) is 0 Å². The van der Waals surface area contributed by atoms with Crippen LogP contribution in [0.4, 0.5) is 0 Å². The lowest BCUT2D eigenvalue weighted by molar-refractivity contribution is -0.138. The Morgan fingerprint density at radius 3 is 2.86 bits per heavy atom. The van der Waals surface area contributed by atoms with E-state index >= 15 is 0 Å². The van der Waals surface area contributed by atoms with Crippen molar-refractivity contribution in [2.75, 3.05) is 13.7 Å². The number of furan rings is 1. The van der Waals surface area contributed by atoms with E-state index in [1.807, 2.05) is 42.5 Å². The zero-order chi connectivity index (χ0) is 20.0. The summed E-state index contributed by atoms with van der Waals surface area (Å²) in [7, 11) is 1.61. The van der Waals surface area contributed by atoms with Crippen LogP contribution in [0.25, 0.3) is 0 Å². The van der Waals surface area contributed by atoms with E-state index in [2.05, 4.69) is 5.32 Å². The lowest BCUT2D eigenvalue weighted by Gasteiger charge is -2.23. The normalized spacial score (nSPS) is 29.3. The van der Waals surface area contributed by atoms with Gasteiger partial charge in [-0.3, -0.25) is 9.59 Å². The number of hydrogen-bond acceptors (Lipinski definition) is 5. The van der Waals surface area contributed by atoms with E-state index in [0.29, 0.717) is 25.4 Å². The minimum absolute atomic E-state index is 0.0575. The SMILES string of the molecule is COc1ccc(CNC(=O)C2C3C=C[C@]4(CN(Cc5ccco5)C(=O)C24)O3)cc1. The van der Waals surface area contributed by atoms with Crippen LogP contribution in [0.1, 0.15) is 11.3 Å². The van der Waals surface area contributed by atoms with Crippen LogP contribution in [0.2, 0.25) is 0 Å². The Bertz CT molecular complexity index is 952. The van der Waals surface area contributed by atoms with E-state index in [0.717, 1.165) is 11.3 Å². The third-order valence-corrected chi connectivity index (χ3v) is 6.03. The van der Waals surface area contributed by atoms with Crippen molar-refractivity contribution in [3.05, 3.63) is 66.1 Å². The first-order valence-electron chi connectivity index (χ1n) is 9.69. The van der Waals surface area contributed by atoms with Gasteiger partial charge in [-0.05, 0) is 29.8 Å². The van der Waals surface area contributed by atoms with Gasteiger partial charge in [0.05, 0.1) is 44.4 Å². The van der Waals surface area contributed by atoms with Crippen LogP contribution in [0.15, 0.2) is 59.2 Å². The molecule has 4 heterocycles. The molecule has 2 amide bonds. The fourth-order valence-electron chi connectivity index (χ4n) is 4.65. The van der Waals surface area contributed by atoms with Gasteiger partial charge in [0.15, 0.2) is 0 Å². The molecule has 4 atom stereocenters. The second kappa shape index (κ2) is 6.77. The number of likely N-dealkylation sites (tertiary alicyclic amines) is 1. The minimum atomic E-state index is -0.712. The van der Waals surface area contributed by atoms with E-state index in [1.165, 1.54) is 0 Å². The Balaban J connectivity index is 1.29. The second-order valence-electron chi connectivity index (χ2n) is 7.74.